The fourth-order valence-electron chi connectivity index (χ4n) is 6.17. The molecule has 1 aromatic carbocycles. The van der Waals surface area contributed by atoms with Crippen molar-refractivity contribution in [3.8, 4) is 11.5 Å². The predicted octanol–water partition coefficient (Wildman–Crippen LogP) is 2.73. The fraction of sp³-hybridized carbons (Fsp3) is 0.462. The number of ether oxygens (including phenoxy) is 3. The molecule has 0 unspecified atom stereocenters. The van der Waals surface area contributed by atoms with E-state index in [0.29, 0.717) is 24.1 Å². The maximum absolute atomic E-state index is 11.7. The molecular weight excluding hydrogens is 436 g/mol. The summed E-state index contributed by atoms with van der Waals surface area (Å²) in [7, 11) is 2.17. The van der Waals surface area contributed by atoms with Crippen molar-refractivity contribution in [2.75, 3.05) is 13.6 Å². The summed E-state index contributed by atoms with van der Waals surface area (Å²) in [6.07, 6.45) is 6.92. The van der Waals surface area contributed by atoms with Gasteiger partial charge in [0, 0.05) is 36.8 Å². The van der Waals surface area contributed by atoms with Crippen molar-refractivity contribution in [3.63, 3.8) is 0 Å². The average Bonchev–Trinajstić information content (AvgIpc) is 3.44. The number of hydrogen-bond donors (Lipinski definition) is 1. The van der Waals surface area contributed by atoms with Gasteiger partial charge in [-0.05, 0) is 56.3 Å². The monoisotopic (exact) mass is 466 g/mol. The number of furan rings is 1. The summed E-state index contributed by atoms with van der Waals surface area (Å²) in [5, 5.41) is 0. The summed E-state index contributed by atoms with van der Waals surface area (Å²) in [5.41, 5.74) is 7.35. The Morgan fingerprint density at radius 1 is 1.21 bits per heavy atom. The number of benzene rings is 1. The van der Waals surface area contributed by atoms with E-state index in [9.17, 15) is 9.59 Å². The largest absolute Gasteiger partial charge is 0.481 e. The normalized spacial score (nSPS) is 29.9. The van der Waals surface area contributed by atoms with Gasteiger partial charge in [-0.15, -0.1) is 0 Å². The highest BCUT2D eigenvalue weighted by Gasteiger charge is 2.65. The standard InChI is InChI=1S/C21H23NO5.C5H7NO/c1-11(23)25-16-6-4-13-10-15-14-5-7-17(26-12(2)24)20-21(14,8-9-22(15)3)18(13)19(16)27-20;6-4-5-2-1-3-7-5/h4-7,14-15,17,20H,8-10H2,1-3H3;1-3H,4,6H2/t14-,15+,17-,20-,21-;/m0./s1. The molecule has 180 valence electrons. The number of nitrogens with zero attached hydrogens (tertiary/aromatic N) is 1. The van der Waals surface area contributed by atoms with Crippen LogP contribution in [0.3, 0.4) is 0 Å². The highest BCUT2D eigenvalue weighted by molar-refractivity contribution is 5.73. The Bertz CT molecular complexity index is 1130. The fourth-order valence-corrected chi connectivity index (χ4v) is 6.17. The van der Waals surface area contributed by atoms with E-state index >= 15 is 0 Å². The lowest BCUT2D eigenvalue weighted by Crippen LogP contribution is -2.65. The molecule has 4 aliphatic rings. The van der Waals surface area contributed by atoms with Gasteiger partial charge in [-0.2, -0.15) is 0 Å². The molecule has 1 fully saturated rings. The first kappa shape index (κ1) is 22.7. The number of hydrogen-bond acceptors (Lipinski definition) is 8. The van der Waals surface area contributed by atoms with E-state index in [1.165, 1.54) is 19.4 Å². The number of likely N-dealkylation sites (N-methyl/N-ethyl adjacent to an activating group) is 1. The number of nitrogens with two attached hydrogens (primary N) is 1. The Balaban J connectivity index is 0.000000297. The maximum Gasteiger partial charge on any atom is 0.308 e. The van der Waals surface area contributed by atoms with Crippen molar-refractivity contribution < 1.29 is 28.2 Å². The summed E-state index contributed by atoms with van der Waals surface area (Å²) < 4.78 is 22.4. The van der Waals surface area contributed by atoms with Crippen molar-refractivity contribution in [1.82, 2.24) is 4.90 Å². The third kappa shape index (κ3) is 3.52. The van der Waals surface area contributed by atoms with Gasteiger partial charge in [0.05, 0.1) is 12.8 Å². The zero-order valence-electron chi connectivity index (χ0n) is 19.7. The first-order chi connectivity index (χ1) is 16.3. The van der Waals surface area contributed by atoms with Gasteiger partial charge >= 0.3 is 11.9 Å². The van der Waals surface area contributed by atoms with Crippen LogP contribution in [0.4, 0.5) is 0 Å². The van der Waals surface area contributed by atoms with Crippen LogP contribution in [0.2, 0.25) is 0 Å². The quantitative estimate of drug-likeness (QED) is 0.418. The number of piperidine rings is 1. The molecule has 8 nitrogen and oxygen atoms in total. The van der Waals surface area contributed by atoms with E-state index in [-0.39, 0.29) is 29.4 Å². The molecule has 0 amide bonds. The van der Waals surface area contributed by atoms with Crippen LogP contribution < -0.4 is 15.2 Å². The molecule has 3 heterocycles. The number of likely N-dealkylation sites (tertiary alicyclic amines) is 1. The lowest BCUT2D eigenvalue weighted by molar-refractivity contribution is -0.152. The molecule has 34 heavy (non-hydrogen) atoms. The van der Waals surface area contributed by atoms with E-state index in [1.54, 1.807) is 6.26 Å². The molecule has 1 spiro atoms. The second kappa shape index (κ2) is 8.60. The Hall–Kier alpha value is -3.10. The van der Waals surface area contributed by atoms with Crippen LogP contribution in [-0.4, -0.2) is 48.7 Å². The first-order valence-electron chi connectivity index (χ1n) is 11.6. The zero-order valence-corrected chi connectivity index (χ0v) is 19.7. The van der Waals surface area contributed by atoms with Crippen molar-refractivity contribution in [2.24, 2.45) is 11.7 Å². The van der Waals surface area contributed by atoms with Gasteiger partial charge in [0.15, 0.2) is 17.6 Å². The number of carbonyl (C=O) groups is 2. The Morgan fingerprint density at radius 3 is 2.68 bits per heavy atom. The molecule has 2 aliphatic heterocycles. The predicted molar refractivity (Wildman–Crippen MR) is 123 cm³/mol. The van der Waals surface area contributed by atoms with E-state index in [2.05, 4.69) is 24.1 Å². The van der Waals surface area contributed by atoms with Crippen molar-refractivity contribution in [2.45, 2.75) is 56.9 Å². The van der Waals surface area contributed by atoms with Gasteiger partial charge in [0.1, 0.15) is 11.9 Å². The Morgan fingerprint density at radius 2 is 2.03 bits per heavy atom. The molecule has 8 heteroatoms. The molecule has 2 aromatic rings. The van der Waals surface area contributed by atoms with Gasteiger partial charge in [0.2, 0.25) is 0 Å². The van der Waals surface area contributed by atoms with Crippen LogP contribution in [0, 0.1) is 5.92 Å². The number of carbonyl (C=O) groups excluding carboxylic acids is 2. The van der Waals surface area contributed by atoms with E-state index in [4.69, 9.17) is 24.4 Å². The van der Waals surface area contributed by atoms with Crippen LogP contribution in [0.25, 0.3) is 0 Å². The second-order valence-electron chi connectivity index (χ2n) is 9.37. The van der Waals surface area contributed by atoms with Gasteiger partial charge < -0.3 is 29.3 Å². The molecular formula is C26H30N2O6. The molecule has 0 radical (unpaired) electrons. The zero-order chi connectivity index (χ0) is 24.0. The summed E-state index contributed by atoms with van der Waals surface area (Å²) >= 11 is 0. The number of rotatable bonds is 3. The SMILES string of the molecule is CC(=O)Oc1ccc2c3c1O[C@H]1[C@@H](OC(C)=O)C=C[C@H]4[C@@H](C2)N(C)CC[C@@]341.NCc1ccco1. The summed E-state index contributed by atoms with van der Waals surface area (Å²) in [4.78, 5) is 25.7. The van der Waals surface area contributed by atoms with Crippen molar-refractivity contribution >= 4 is 11.9 Å². The molecule has 1 saturated heterocycles. The van der Waals surface area contributed by atoms with Crippen LogP contribution in [0.15, 0.2) is 47.1 Å². The maximum atomic E-state index is 11.7. The smallest absolute Gasteiger partial charge is 0.308 e. The minimum atomic E-state index is -0.439. The minimum Gasteiger partial charge on any atom is -0.481 e. The van der Waals surface area contributed by atoms with Gasteiger partial charge in [-0.25, -0.2) is 0 Å². The number of esters is 2. The van der Waals surface area contributed by atoms with E-state index in [0.717, 1.165) is 30.7 Å². The first-order valence-corrected chi connectivity index (χ1v) is 11.6. The minimum absolute atomic E-state index is 0.245. The summed E-state index contributed by atoms with van der Waals surface area (Å²) in [5.74, 6) is 1.55. The second-order valence-corrected chi connectivity index (χ2v) is 9.37. The lowest BCUT2D eigenvalue weighted by Gasteiger charge is -2.56. The lowest BCUT2D eigenvalue weighted by atomic mass is 9.53. The molecule has 1 aromatic heterocycles. The Kier molecular flexibility index (Phi) is 5.73. The summed E-state index contributed by atoms with van der Waals surface area (Å²) in [6.45, 7) is 4.27. The molecule has 2 N–H and O–H groups in total. The average molecular weight is 467 g/mol. The third-order valence-electron chi connectivity index (χ3n) is 7.45. The highest BCUT2D eigenvalue weighted by atomic mass is 16.6. The van der Waals surface area contributed by atoms with Gasteiger partial charge in [-0.3, -0.25) is 9.59 Å². The molecule has 2 aliphatic carbocycles. The molecule has 6 rings (SSSR count). The van der Waals surface area contributed by atoms with Crippen molar-refractivity contribution in [3.05, 3.63) is 59.6 Å². The summed E-state index contributed by atoms with van der Waals surface area (Å²) in [6, 6.07) is 7.94. The van der Waals surface area contributed by atoms with E-state index in [1.807, 2.05) is 24.3 Å². The third-order valence-corrected chi connectivity index (χ3v) is 7.45. The molecule has 5 atom stereocenters. The van der Waals surface area contributed by atoms with Gasteiger partial charge in [-0.1, -0.05) is 12.1 Å². The van der Waals surface area contributed by atoms with Crippen LogP contribution in [0.5, 0.6) is 11.5 Å². The van der Waals surface area contributed by atoms with Gasteiger partial charge in [0.25, 0.3) is 0 Å². The molecule has 0 saturated carbocycles. The van der Waals surface area contributed by atoms with Crippen molar-refractivity contribution in [1.29, 1.82) is 0 Å². The highest BCUT2D eigenvalue weighted by Crippen LogP contribution is 2.62. The van der Waals surface area contributed by atoms with E-state index < -0.39 is 6.10 Å². The Labute approximate surface area is 198 Å². The van der Waals surface area contributed by atoms with Crippen LogP contribution in [0.1, 0.15) is 37.2 Å². The topological polar surface area (TPSA) is 104 Å². The van der Waals surface area contributed by atoms with Crippen LogP contribution >= 0.6 is 0 Å². The van der Waals surface area contributed by atoms with Crippen LogP contribution in [-0.2, 0) is 32.7 Å². The molecule has 2 bridgehead atoms.